The molecule has 1 unspecified atom stereocenters. The maximum Gasteiger partial charge on any atom is 0.355 e. The van der Waals surface area contributed by atoms with Crippen LogP contribution in [0.2, 0.25) is 0 Å². The molecule has 0 saturated carbocycles. The number of aromatic nitrogens is 4. The first-order valence-electron chi connectivity index (χ1n) is 13.6. The fourth-order valence-electron chi connectivity index (χ4n) is 5.35. The van der Waals surface area contributed by atoms with Crippen LogP contribution in [-0.2, 0) is 6.54 Å². The molecule has 42 heavy (non-hydrogen) atoms. The van der Waals surface area contributed by atoms with E-state index in [0.717, 1.165) is 47.6 Å². The highest BCUT2D eigenvalue weighted by Crippen LogP contribution is 2.39. The fraction of sp³-hybridized carbons (Fsp3) is 0.226. The third-order valence-electron chi connectivity index (χ3n) is 7.33. The van der Waals surface area contributed by atoms with Crippen molar-refractivity contribution in [2.45, 2.75) is 32.4 Å². The van der Waals surface area contributed by atoms with Gasteiger partial charge in [-0.25, -0.2) is 23.7 Å². The number of carboxylic acids is 1. The van der Waals surface area contributed by atoms with Gasteiger partial charge in [-0.1, -0.05) is 30.4 Å². The van der Waals surface area contributed by atoms with Crippen molar-refractivity contribution in [1.29, 1.82) is 0 Å². The molecule has 4 heterocycles. The van der Waals surface area contributed by atoms with Crippen LogP contribution in [0, 0.1) is 5.82 Å². The second kappa shape index (κ2) is 11.6. The minimum Gasteiger partial charge on any atom is -0.497 e. The number of hydrogen-bond acceptors (Lipinski definition) is 8. The zero-order chi connectivity index (χ0) is 29.2. The van der Waals surface area contributed by atoms with Gasteiger partial charge in [-0.3, -0.25) is 0 Å². The summed E-state index contributed by atoms with van der Waals surface area (Å²) in [6.07, 6.45) is 7.62. The number of allylic oxidation sites excluding steroid dienone is 1. The van der Waals surface area contributed by atoms with Crippen LogP contribution in [0.3, 0.4) is 0 Å². The van der Waals surface area contributed by atoms with Gasteiger partial charge in [0, 0.05) is 24.7 Å². The van der Waals surface area contributed by atoms with Gasteiger partial charge in [0.25, 0.3) is 0 Å². The maximum atomic E-state index is 14.4. The normalized spacial score (nSPS) is 15.1. The van der Waals surface area contributed by atoms with E-state index in [2.05, 4.69) is 15.2 Å². The fourth-order valence-corrected chi connectivity index (χ4v) is 6.18. The first kappa shape index (κ1) is 27.4. The van der Waals surface area contributed by atoms with Crippen LogP contribution in [0.4, 0.5) is 16.0 Å². The second-order valence-corrected chi connectivity index (χ2v) is 10.8. The standard InChI is InChI=1S/C31H29FN6O3S/c1-3-5-20-9-10-21(32)16-23(20)25-6-4-14-37(25)26-13-15-38-29(35-26)27(30-34-24(18-42-30)31(39)40)28(36-38)33-17-19-7-11-22(41-2)12-8-19/h3,5,7-13,15-16,18,25H,4,6,14,17H2,1-2H3,(H,33,36)(H,39,40)/b5-3+. The average molecular weight is 585 g/mol. The van der Waals surface area contributed by atoms with E-state index in [1.807, 2.05) is 61.7 Å². The summed E-state index contributed by atoms with van der Waals surface area (Å²) in [5, 5.41) is 19.7. The van der Waals surface area contributed by atoms with Gasteiger partial charge in [0.2, 0.25) is 0 Å². The molecule has 2 aromatic carbocycles. The summed E-state index contributed by atoms with van der Waals surface area (Å²) in [6.45, 7) is 3.20. The lowest BCUT2D eigenvalue weighted by Crippen LogP contribution is -2.24. The molecule has 0 aliphatic carbocycles. The molecule has 9 nitrogen and oxygen atoms in total. The molecular formula is C31H29FN6O3S. The molecule has 11 heteroatoms. The molecule has 214 valence electrons. The van der Waals surface area contributed by atoms with Crippen LogP contribution in [0.15, 0.2) is 66.2 Å². The first-order valence-corrected chi connectivity index (χ1v) is 14.5. The number of fused-ring (bicyclic) bond motifs is 1. The van der Waals surface area contributed by atoms with Gasteiger partial charge in [-0.05, 0) is 66.8 Å². The Hall–Kier alpha value is -4.77. The number of benzene rings is 2. The average Bonchev–Trinajstić information content (AvgIpc) is 3.75. The lowest BCUT2D eigenvalue weighted by molar-refractivity contribution is 0.0691. The van der Waals surface area contributed by atoms with Crippen LogP contribution in [0.5, 0.6) is 5.75 Å². The summed E-state index contributed by atoms with van der Waals surface area (Å²) >= 11 is 1.23. The smallest absolute Gasteiger partial charge is 0.355 e. The molecule has 1 fully saturated rings. The molecular weight excluding hydrogens is 555 g/mol. The highest BCUT2D eigenvalue weighted by atomic mass is 32.1. The van der Waals surface area contributed by atoms with Crippen LogP contribution >= 0.6 is 11.3 Å². The molecule has 1 atom stereocenters. The number of nitrogens with zero attached hydrogens (tertiary/aromatic N) is 5. The number of thiazole rings is 1. The number of halogens is 1. The van der Waals surface area contributed by atoms with Gasteiger partial charge in [0.05, 0.1) is 18.7 Å². The number of aromatic carboxylic acids is 1. The summed E-state index contributed by atoms with van der Waals surface area (Å²) in [7, 11) is 1.63. The lowest BCUT2D eigenvalue weighted by atomic mass is 9.97. The summed E-state index contributed by atoms with van der Waals surface area (Å²) < 4.78 is 21.3. The molecule has 1 aliphatic heterocycles. The molecule has 1 aliphatic rings. The Morgan fingerprint density at radius 2 is 2.05 bits per heavy atom. The number of ether oxygens (including phenoxy) is 1. The first-order chi connectivity index (χ1) is 20.4. The van der Waals surface area contributed by atoms with Gasteiger partial charge in [-0.2, -0.15) is 0 Å². The topological polar surface area (TPSA) is 105 Å². The van der Waals surface area contributed by atoms with Crippen molar-refractivity contribution in [2.75, 3.05) is 23.9 Å². The molecule has 0 bridgehead atoms. The van der Waals surface area contributed by atoms with E-state index in [0.29, 0.717) is 28.6 Å². The van der Waals surface area contributed by atoms with E-state index in [1.165, 1.54) is 22.8 Å². The molecule has 0 radical (unpaired) electrons. The van der Waals surface area contributed by atoms with Gasteiger partial charge < -0.3 is 20.1 Å². The van der Waals surface area contributed by atoms with Crippen molar-refractivity contribution in [3.05, 3.63) is 94.4 Å². The van der Waals surface area contributed by atoms with Crippen molar-refractivity contribution < 1.29 is 19.0 Å². The Kier molecular flexibility index (Phi) is 7.58. The summed E-state index contributed by atoms with van der Waals surface area (Å²) in [5.74, 6) is 0.683. The zero-order valence-corrected chi connectivity index (χ0v) is 23.9. The van der Waals surface area contributed by atoms with E-state index < -0.39 is 5.97 Å². The lowest BCUT2D eigenvalue weighted by Gasteiger charge is -2.27. The van der Waals surface area contributed by atoms with E-state index in [9.17, 15) is 14.3 Å². The minimum atomic E-state index is -1.10. The summed E-state index contributed by atoms with van der Waals surface area (Å²) in [6, 6.07) is 14.5. The van der Waals surface area contributed by atoms with E-state index in [-0.39, 0.29) is 17.6 Å². The van der Waals surface area contributed by atoms with Gasteiger partial charge in [0.15, 0.2) is 17.2 Å². The van der Waals surface area contributed by atoms with Crippen LogP contribution in [0.25, 0.3) is 22.3 Å². The SMILES string of the molecule is C/C=C/c1ccc(F)cc1C1CCCN1c1ccn2nc(NCc3ccc(OC)cc3)c(-c3nc(C(=O)O)cs3)c2n1. The quantitative estimate of drug-likeness (QED) is 0.198. The van der Waals surface area contributed by atoms with Crippen molar-refractivity contribution in [3.63, 3.8) is 0 Å². The monoisotopic (exact) mass is 584 g/mol. The van der Waals surface area contributed by atoms with Crippen molar-refractivity contribution in [2.24, 2.45) is 0 Å². The Morgan fingerprint density at radius 1 is 1.21 bits per heavy atom. The Bertz CT molecular complexity index is 1780. The van der Waals surface area contributed by atoms with Crippen molar-refractivity contribution in [1.82, 2.24) is 19.6 Å². The van der Waals surface area contributed by atoms with Crippen LogP contribution in [-0.4, -0.2) is 44.3 Å². The largest absolute Gasteiger partial charge is 0.497 e. The molecule has 6 rings (SSSR count). The van der Waals surface area contributed by atoms with Crippen molar-refractivity contribution in [3.8, 4) is 16.3 Å². The number of anilines is 2. The van der Waals surface area contributed by atoms with Gasteiger partial charge >= 0.3 is 5.97 Å². The number of methoxy groups -OCH3 is 1. The molecule has 2 N–H and O–H groups in total. The third-order valence-corrected chi connectivity index (χ3v) is 8.19. The molecule has 0 amide bonds. The molecule has 1 saturated heterocycles. The Balaban J connectivity index is 1.41. The minimum absolute atomic E-state index is 0.0335. The molecule has 0 spiro atoms. The highest BCUT2D eigenvalue weighted by Gasteiger charge is 2.30. The number of nitrogens with one attached hydrogen (secondary N) is 1. The number of carbonyl (C=O) groups is 1. The predicted octanol–water partition coefficient (Wildman–Crippen LogP) is 6.69. The summed E-state index contributed by atoms with van der Waals surface area (Å²) in [5.41, 5.74) is 4.07. The maximum absolute atomic E-state index is 14.4. The summed E-state index contributed by atoms with van der Waals surface area (Å²) in [4.78, 5) is 23.3. The van der Waals surface area contributed by atoms with E-state index >= 15 is 0 Å². The Labute approximate surface area is 245 Å². The Morgan fingerprint density at radius 3 is 2.79 bits per heavy atom. The van der Waals surface area contributed by atoms with E-state index in [4.69, 9.17) is 14.8 Å². The zero-order valence-electron chi connectivity index (χ0n) is 23.1. The molecule has 3 aromatic heterocycles. The number of hydrogen-bond donors (Lipinski definition) is 2. The second-order valence-electron chi connectivity index (χ2n) is 9.95. The third kappa shape index (κ3) is 5.30. The van der Waals surface area contributed by atoms with Gasteiger partial charge in [-0.15, -0.1) is 16.4 Å². The highest BCUT2D eigenvalue weighted by molar-refractivity contribution is 7.13. The number of carboxylic acid groups (broad SMARTS) is 1. The number of rotatable bonds is 9. The molecule has 5 aromatic rings. The van der Waals surface area contributed by atoms with Crippen LogP contribution < -0.4 is 15.0 Å². The van der Waals surface area contributed by atoms with Crippen molar-refractivity contribution >= 4 is 40.7 Å². The predicted molar refractivity (Wildman–Crippen MR) is 162 cm³/mol. The van der Waals surface area contributed by atoms with Crippen LogP contribution in [0.1, 0.15) is 53.0 Å². The van der Waals surface area contributed by atoms with E-state index in [1.54, 1.807) is 17.7 Å². The van der Waals surface area contributed by atoms with Gasteiger partial charge in [0.1, 0.15) is 22.4 Å².